The van der Waals surface area contributed by atoms with E-state index in [1.54, 1.807) is 24.7 Å². The van der Waals surface area contributed by atoms with E-state index >= 15 is 0 Å². The molecule has 0 fully saturated rings. The van der Waals surface area contributed by atoms with E-state index < -0.39 is 0 Å². The van der Waals surface area contributed by atoms with Gasteiger partial charge < -0.3 is 9.73 Å². The molecule has 1 amide bonds. The fourth-order valence-corrected chi connectivity index (χ4v) is 3.12. The van der Waals surface area contributed by atoms with Crippen molar-refractivity contribution in [2.45, 2.75) is 6.92 Å². The maximum Gasteiger partial charge on any atom is 0.248 e. The van der Waals surface area contributed by atoms with Crippen molar-refractivity contribution in [3.8, 4) is 0 Å². The normalized spacial score (nSPS) is 11.8. The summed E-state index contributed by atoms with van der Waals surface area (Å²) in [5.41, 5.74) is 3.88. The second kappa shape index (κ2) is 8.40. The van der Waals surface area contributed by atoms with Crippen LogP contribution >= 0.6 is 0 Å². The first-order valence-electron chi connectivity index (χ1n) is 9.34. The molecule has 0 unspecified atom stereocenters. The molecule has 0 aliphatic rings. The quantitative estimate of drug-likeness (QED) is 0.354. The standard InChI is InChI=1S/C25H20N2O2/c1-18-10-12-19(13-11-18)22(24-8-4-16-29-24)6-3-9-25(28)27-23-7-2-5-20-17-26-15-14-21(20)23/h2-17H,1H3,(H,27,28). The van der Waals surface area contributed by atoms with Crippen molar-refractivity contribution in [3.05, 3.63) is 114 Å². The Morgan fingerprint density at radius 3 is 2.69 bits per heavy atom. The van der Waals surface area contributed by atoms with Gasteiger partial charge in [0, 0.05) is 40.5 Å². The topological polar surface area (TPSA) is 55.1 Å². The zero-order valence-electron chi connectivity index (χ0n) is 16.0. The Bertz CT molecular complexity index is 1180. The van der Waals surface area contributed by atoms with Crippen molar-refractivity contribution in [2.75, 3.05) is 5.32 Å². The number of rotatable bonds is 5. The number of fused-ring (bicyclic) bond motifs is 1. The fraction of sp³-hybridized carbons (Fsp3) is 0.0400. The van der Waals surface area contributed by atoms with Gasteiger partial charge in [0.25, 0.3) is 0 Å². The first-order chi connectivity index (χ1) is 14.2. The van der Waals surface area contributed by atoms with E-state index in [0.29, 0.717) is 0 Å². The van der Waals surface area contributed by atoms with Gasteiger partial charge in [-0.25, -0.2) is 0 Å². The van der Waals surface area contributed by atoms with Crippen LogP contribution in [-0.2, 0) is 4.79 Å². The molecular weight excluding hydrogens is 360 g/mol. The Balaban J connectivity index is 1.56. The van der Waals surface area contributed by atoms with Crippen molar-refractivity contribution in [1.82, 2.24) is 4.98 Å². The highest BCUT2D eigenvalue weighted by atomic mass is 16.3. The van der Waals surface area contributed by atoms with Gasteiger partial charge in [-0.2, -0.15) is 0 Å². The SMILES string of the molecule is Cc1ccc(C(=CC=CC(=O)Nc2cccc3cnccc23)c2ccco2)cc1. The second-order valence-corrected chi connectivity index (χ2v) is 6.67. The van der Waals surface area contributed by atoms with Gasteiger partial charge in [0.15, 0.2) is 0 Å². The molecule has 4 aromatic rings. The van der Waals surface area contributed by atoms with Gasteiger partial charge in [-0.1, -0.05) is 54.1 Å². The summed E-state index contributed by atoms with van der Waals surface area (Å²) in [5, 5.41) is 4.87. The number of hydrogen-bond acceptors (Lipinski definition) is 3. The van der Waals surface area contributed by atoms with Gasteiger partial charge in [0.05, 0.1) is 6.26 Å². The highest BCUT2D eigenvalue weighted by Gasteiger charge is 2.07. The van der Waals surface area contributed by atoms with E-state index in [1.807, 2.05) is 61.5 Å². The third kappa shape index (κ3) is 4.33. The molecule has 0 atom stereocenters. The largest absolute Gasteiger partial charge is 0.464 e. The fourth-order valence-electron chi connectivity index (χ4n) is 3.12. The molecule has 4 heteroatoms. The smallest absolute Gasteiger partial charge is 0.248 e. The van der Waals surface area contributed by atoms with Crippen molar-refractivity contribution in [3.63, 3.8) is 0 Å². The van der Waals surface area contributed by atoms with E-state index in [4.69, 9.17) is 4.42 Å². The van der Waals surface area contributed by atoms with Crippen molar-refractivity contribution in [1.29, 1.82) is 0 Å². The van der Waals surface area contributed by atoms with Gasteiger partial charge in [-0.3, -0.25) is 9.78 Å². The van der Waals surface area contributed by atoms with Crippen molar-refractivity contribution in [2.24, 2.45) is 0 Å². The maximum absolute atomic E-state index is 12.4. The number of allylic oxidation sites excluding steroid dienone is 2. The minimum atomic E-state index is -0.201. The van der Waals surface area contributed by atoms with E-state index in [2.05, 4.69) is 22.4 Å². The lowest BCUT2D eigenvalue weighted by Gasteiger charge is -2.06. The lowest BCUT2D eigenvalue weighted by molar-refractivity contribution is -0.111. The number of carbonyl (C=O) groups excluding carboxylic acids is 1. The molecule has 0 radical (unpaired) electrons. The minimum Gasteiger partial charge on any atom is -0.464 e. The van der Waals surface area contributed by atoms with E-state index in [1.165, 1.54) is 11.6 Å². The summed E-state index contributed by atoms with van der Waals surface area (Å²) in [6.07, 6.45) is 10.3. The molecule has 2 heterocycles. The third-order valence-corrected chi connectivity index (χ3v) is 4.60. The Morgan fingerprint density at radius 2 is 1.90 bits per heavy atom. The number of nitrogens with one attached hydrogen (secondary N) is 1. The number of amides is 1. The number of nitrogens with zero attached hydrogens (tertiary/aromatic N) is 1. The van der Waals surface area contributed by atoms with Crippen LogP contribution < -0.4 is 5.32 Å². The van der Waals surface area contributed by atoms with Crippen LogP contribution in [-0.4, -0.2) is 10.9 Å². The van der Waals surface area contributed by atoms with Gasteiger partial charge in [0.1, 0.15) is 5.76 Å². The summed E-state index contributed by atoms with van der Waals surface area (Å²) in [4.78, 5) is 16.6. The minimum absolute atomic E-state index is 0.201. The van der Waals surface area contributed by atoms with Gasteiger partial charge >= 0.3 is 0 Å². The summed E-state index contributed by atoms with van der Waals surface area (Å²) >= 11 is 0. The number of furan rings is 1. The molecule has 2 aromatic carbocycles. The molecule has 0 aliphatic carbocycles. The molecular formula is C25H20N2O2. The summed E-state index contributed by atoms with van der Waals surface area (Å²) in [5.74, 6) is 0.550. The highest BCUT2D eigenvalue weighted by Crippen LogP contribution is 2.25. The monoisotopic (exact) mass is 380 g/mol. The number of aromatic nitrogens is 1. The predicted molar refractivity (Wildman–Crippen MR) is 116 cm³/mol. The highest BCUT2D eigenvalue weighted by molar-refractivity contribution is 6.06. The van der Waals surface area contributed by atoms with Crippen molar-refractivity contribution < 1.29 is 9.21 Å². The Morgan fingerprint density at radius 1 is 1.03 bits per heavy atom. The van der Waals surface area contributed by atoms with Crippen LogP contribution in [0.3, 0.4) is 0 Å². The number of aryl methyl sites for hydroxylation is 1. The first-order valence-corrected chi connectivity index (χ1v) is 9.34. The van der Waals surface area contributed by atoms with Crippen LogP contribution in [0.25, 0.3) is 16.3 Å². The molecule has 142 valence electrons. The van der Waals surface area contributed by atoms with Crippen LogP contribution in [0.15, 0.2) is 102 Å². The molecule has 29 heavy (non-hydrogen) atoms. The summed E-state index contributed by atoms with van der Waals surface area (Å²) in [6, 6.07) is 19.6. The molecule has 4 rings (SSSR count). The third-order valence-electron chi connectivity index (χ3n) is 4.60. The number of anilines is 1. The molecule has 0 saturated heterocycles. The summed E-state index contributed by atoms with van der Waals surface area (Å²) in [6.45, 7) is 2.05. The zero-order chi connectivity index (χ0) is 20.1. The number of hydrogen-bond donors (Lipinski definition) is 1. The lowest BCUT2D eigenvalue weighted by atomic mass is 10.0. The zero-order valence-corrected chi connectivity index (χ0v) is 16.0. The molecule has 0 saturated carbocycles. The molecule has 4 nitrogen and oxygen atoms in total. The van der Waals surface area contributed by atoms with E-state index in [0.717, 1.165) is 33.4 Å². The van der Waals surface area contributed by atoms with Crippen LogP contribution in [0.5, 0.6) is 0 Å². The van der Waals surface area contributed by atoms with Crippen LogP contribution in [0.1, 0.15) is 16.9 Å². The van der Waals surface area contributed by atoms with Gasteiger partial charge in [-0.05, 0) is 36.8 Å². The van der Waals surface area contributed by atoms with Crippen LogP contribution in [0, 0.1) is 6.92 Å². The van der Waals surface area contributed by atoms with Gasteiger partial charge in [0.2, 0.25) is 5.91 Å². The van der Waals surface area contributed by atoms with Crippen LogP contribution in [0.4, 0.5) is 5.69 Å². The summed E-state index contributed by atoms with van der Waals surface area (Å²) < 4.78 is 5.57. The molecule has 0 aliphatic heterocycles. The van der Waals surface area contributed by atoms with Gasteiger partial charge in [-0.15, -0.1) is 0 Å². The average Bonchev–Trinajstić information content (AvgIpc) is 3.27. The summed E-state index contributed by atoms with van der Waals surface area (Å²) in [7, 11) is 0. The molecule has 2 aromatic heterocycles. The second-order valence-electron chi connectivity index (χ2n) is 6.67. The first kappa shape index (κ1) is 18.4. The molecule has 1 N–H and O–H groups in total. The molecule has 0 spiro atoms. The number of benzene rings is 2. The van der Waals surface area contributed by atoms with Crippen molar-refractivity contribution >= 4 is 27.9 Å². The number of carbonyl (C=O) groups is 1. The van der Waals surface area contributed by atoms with E-state index in [9.17, 15) is 4.79 Å². The van der Waals surface area contributed by atoms with Crippen LogP contribution in [0.2, 0.25) is 0 Å². The predicted octanol–water partition coefficient (Wildman–Crippen LogP) is 5.76. The Kier molecular flexibility index (Phi) is 5.34. The Hall–Kier alpha value is -3.92. The maximum atomic E-state index is 12.4. The lowest BCUT2D eigenvalue weighted by Crippen LogP contribution is -2.08. The average molecular weight is 380 g/mol. The Labute approximate surface area is 169 Å². The number of pyridine rings is 1. The van der Waals surface area contributed by atoms with E-state index in [-0.39, 0.29) is 5.91 Å². The molecule has 0 bridgehead atoms.